The summed E-state index contributed by atoms with van der Waals surface area (Å²) in [5.41, 5.74) is 0. The van der Waals surface area contributed by atoms with E-state index in [0.717, 1.165) is 97.1 Å². The maximum absolute atomic E-state index is 12.1. The van der Waals surface area contributed by atoms with Gasteiger partial charge in [0.2, 0.25) is 0 Å². The van der Waals surface area contributed by atoms with Crippen molar-refractivity contribution < 1.29 is 24.1 Å². The molecule has 0 aromatic heterocycles. The maximum Gasteiger partial charge on any atom is 0.306 e. The number of aliphatic hydroxyl groups is 1. The Kier molecular flexibility index (Phi) is 37.6. The molecule has 6 nitrogen and oxygen atoms in total. The van der Waals surface area contributed by atoms with Crippen LogP contribution < -0.4 is 0 Å². The normalized spacial score (nSPS) is 12.4. The van der Waals surface area contributed by atoms with E-state index < -0.39 is 0 Å². The summed E-state index contributed by atoms with van der Waals surface area (Å²) in [6, 6.07) is 0. The van der Waals surface area contributed by atoms with Gasteiger partial charge in [0, 0.05) is 26.2 Å². The molecule has 0 aromatic carbocycles. The van der Waals surface area contributed by atoms with E-state index in [9.17, 15) is 9.90 Å². The molecule has 47 heavy (non-hydrogen) atoms. The van der Waals surface area contributed by atoms with Crippen LogP contribution in [0.15, 0.2) is 0 Å². The summed E-state index contributed by atoms with van der Waals surface area (Å²) < 4.78 is 18.1. The van der Waals surface area contributed by atoms with Crippen LogP contribution >= 0.6 is 0 Å². The van der Waals surface area contributed by atoms with E-state index in [1.165, 1.54) is 109 Å². The van der Waals surface area contributed by atoms with Gasteiger partial charge in [-0.25, -0.2) is 0 Å². The number of carbonyl (C=O) groups excluding carboxylic acids is 1. The fourth-order valence-corrected chi connectivity index (χ4v) is 6.22. The zero-order valence-electron chi connectivity index (χ0n) is 32.2. The molecule has 0 radical (unpaired) electrons. The molecule has 0 aliphatic rings. The largest absolute Gasteiger partial charge is 0.462 e. The third kappa shape index (κ3) is 33.6. The highest BCUT2D eigenvalue weighted by Gasteiger charge is 2.12. The number of carbonyl (C=O) groups is 1. The topological polar surface area (TPSA) is 68.2 Å². The Morgan fingerprint density at radius 2 is 1.00 bits per heavy atom. The fraction of sp³-hybridized carbons (Fsp3) is 0.976. The quantitative estimate of drug-likeness (QED) is 0.0399. The van der Waals surface area contributed by atoms with Gasteiger partial charge in [0.15, 0.2) is 6.29 Å². The summed E-state index contributed by atoms with van der Waals surface area (Å²) in [7, 11) is 0. The van der Waals surface area contributed by atoms with Gasteiger partial charge in [-0.15, -0.1) is 0 Å². The standard InChI is InChI=1S/C41H83NO5/c1-5-9-12-14-22-28-37-45-41(46-38-29-23-15-13-10-6-2)32-25-19-17-21-27-34-42(35-36-43)33-26-20-16-18-24-31-40(44)47-39(8-4)30-11-7-3/h39,41,43H,5-38H2,1-4H3. The van der Waals surface area contributed by atoms with Crippen molar-refractivity contribution >= 4 is 5.97 Å². The molecule has 0 spiro atoms. The van der Waals surface area contributed by atoms with Crippen LogP contribution in [0.2, 0.25) is 0 Å². The first kappa shape index (κ1) is 46.3. The Labute approximate surface area is 293 Å². The first-order chi connectivity index (χ1) is 23.1. The Bertz CT molecular complexity index is 601. The van der Waals surface area contributed by atoms with Gasteiger partial charge in [-0.1, -0.05) is 143 Å². The predicted molar refractivity (Wildman–Crippen MR) is 201 cm³/mol. The van der Waals surface area contributed by atoms with Gasteiger partial charge in [0.05, 0.1) is 6.61 Å². The Morgan fingerprint density at radius 3 is 1.51 bits per heavy atom. The average molecular weight is 670 g/mol. The minimum absolute atomic E-state index is 0.0180. The summed E-state index contributed by atoms with van der Waals surface area (Å²) >= 11 is 0. The second kappa shape index (κ2) is 38.1. The second-order valence-electron chi connectivity index (χ2n) is 14.0. The van der Waals surface area contributed by atoms with Crippen molar-refractivity contribution in [2.45, 2.75) is 220 Å². The zero-order valence-corrected chi connectivity index (χ0v) is 32.2. The summed E-state index contributed by atoms with van der Waals surface area (Å²) in [5.74, 6) is -0.0180. The van der Waals surface area contributed by atoms with Crippen molar-refractivity contribution in [1.82, 2.24) is 4.90 Å². The lowest BCUT2D eigenvalue weighted by Crippen LogP contribution is -2.29. The van der Waals surface area contributed by atoms with Gasteiger partial charge < -0.3 is 24.2 Å². The molecular formula is C41H83NO5. The number of rotatable bonds is 39. The van der Waals surface area contributed by atoms with Crippen LogP contribution in [0.25, 0.3) is 0 Å². The zero-order chi connectivity index (χ0) is 34.5. The Balaban J connectivity index is 4.05. The molecule has 1 unspecified atom stereocenters. The summed E-state index contributed by atoms with van der Waals surface area (Å²) in [6.45, 7) is 13.6. The number of unbranched alkanes of at least 4 members (excludes halogenated alkanes) is 19. The monoisotopic (exact) mass is 670 g/mol. The van der Waals surface area contributed by atoms with E-state index in [-0.39, 0.29) is 25.0 Å². The summed E-state index contributed by atoms with van der Waals surface area (Å²) in [6.07, 6.45) is 33.0. The molecule has 0 fully saturated rings. The number of nitrogens with zero attached hydrogens (tertiary/aromatic N) is 1. The van der Waals surface area contributed by atoms with Gasteiger partial charge in [-0.05, 0) is 70.9 Å². The van der Waals surface area contributed by atoms with Crippen LogP contribution in [0.4, 0.5) is 0 Å². The van der Waals surface area contributed by atoms with E-state index in [4.69, 9.17) is 14.2 Å². The van der Waals surface area contributed by atoms with Crippen molar-refractivity contribution in [1.29, 1.82) is 0 Å². The molecule has 0 bridgehead atoms. The van der Waals surface area contributed by atoms with Gasteiger partial charge in [-0.3, -0.25) is 4.79 Å². The van der Waals surface area contributed by atoms with Crippen molar-refractivity contribution in [3.63, 3.8) is 0 Å². The molecule has 0 saturated heterocycles. The lowest BCUT2D eigenvalue weighted by Gasteiger charge is -2.21. The van der Waals surface area contributed by atoms with Crippen molar-refractivity contribution in [3.05, 3.63) is 0 Å². The number of aliphatic hydroxyl groups excluding tert-OH is 1. The van der Waals surface area contributed by atoms with E-state index in [0.29, 0.717) is 6.42 Å². The van der Waals surface area contributed by atoms with Crippen LogP contribution in [-0.4, -0.2) is 67.8 Å². The van der Waals surface area contributed by atoms with Crippen LogP contribution in [0, 0.1) is 0 Å². The summed E-state index contributed by atoms with van der Waals surface area (Å²) in [4.78, 5) is 14.6. The average Bonchev–Trinajstić information content (AvgIpc) is 3.07. The molecule has 282 valence electrons. The first-order valence-electron chi connectivity index (χ1n) is 20.9. The molecule has 0 aliphatic carbocycles. The smallest absolute Gasteiger partial charge is 0.306 e. The molecule has 0 amide bonds. The van der Waals surface area contributed by atoms with E-state index in [1.54, 1.807) is 0 Å². The van der Waals surface area contributed by atoms with Gasteiger partial charge in [0.1, 0.15) is 6.10 Å². The highest BCUT2D eigenvalue weighted by Crippen LogP contribution is 2.15. The van der Waals surface area contributed by atoms with Gasteiger partial charge in [0.25, 0.3) is 0 Å². The molecule has 0 saturated carbocycles. The Morgan fingerprint density at radius 1 is 0.532 bits per heavy atom. The van der Waals surface area contributed by atoms with Crippen molar-refractivity contribution in [3.8, 4) is 0 Å². The SMILES string of the molecule is CCCCCCCCOC(CCCCCCCN(CCO)CCCCCCCC(=O)OC(CC)CCCC)OCCCCCCCC. The van der Waals surface area contributed by atoms with Gasteiger partial charge in [-0.2, -0.15) is 0 Å². The fourth-order valence-electron chi connectivity index (χ4n) is 6.22. The number of hydrogen-bond donors (Lipinski definition) is 1. The molecule has 0 rings (SSSR count). The third-order valence-corrected chi connectivity index (χ3v) is 9.42. The lowest BCUT2D eigenvalue weighted by atomic mass is 10.1. The second-order valence-corrected chi connectivity index (χ2v) is 14.0. The lowest BCUT2D eigenvalue weighted by molar-refractivity contribution is -0.149. The van der Waals surface area contributed by atoms with Crippen molar-refractivity contribution in [2.75, 3.05) is 39.5 Å². The molecule has 0 aromatic rings. The minimum atomic E-state index is -0.0286. The Hall–Kier alpha value is -0.690. The number of hydrogen-bond acceptors (Lipinski definition) is 6. The molecule has 1 atom stereocenters. The van der Waals surface area contributed by atoms with Crippen LogP contribution in [0.5, 0.6) is 0 Å². The minimum Gasteiger partial charge on any atom is -0.462 e. The molecule has 0 heterocycles. The van der Waals surface area contributed by atoms with E-state index in [1.807, 2.05) is 0 Å². The van der Waals surface area contributed by atoms with Gasteiger partial charge >= 0.3 is 5.97 Å². The molecular weight excluding hydrogens is 586 g/mol. The molecule has 1 N–H and O–H groups in total. The highest BCUT2D eigenvalue weighted by atomic mass is 16.7. The highest BCUT2D eigenvalue weighted by molar-refractivity contribution is 5.69. The van der Waals surface area contributed by atoms with Crippen LogP contribution in [0.3, 0.4) is 0 Å². The molecule has 0 aliphatic heterocycles. The third-order valence-electron chi connectivity index (χ3n) is 9.42. The van der Waals surface area contributed by atoms with Crippen LogP contribution in [0.1, 0.15) is 207 Å². The molecule has 6 heteroatoms. The first-order valence-corrected chi connectivity index (χ1v) is 20.9. The summed E-state index contributed by atoms with van der Waals surface area (Å²) in [5, 5.41) is 9.56. The van der Waals surface area contributed by atoms with E-state index in [2.05, 4.69) is 32.6 Å². The van der Waals surface area contributed by atoms with Crippen molar-refractivity contribution in [2.24, 2.45) is 0 Å². The van der Waals surface area contributed by atoms with Crippen LogP contribution in [-0.2, 0) is 19.0 Å². The predicted octanol–water partition coefficient (Wildman–Crippen LogP) is 11.6. The maximum atomic E-state index is 12.1. The number of ether oxygens (including phenoxy) is 3. The van der Waals surface area contributed by atoms with E-state index >= 15 is 0 Å². The number of esters is 1.